The Hall–Kier alpha value is -1.46. The number of carboxylic acid groups (broad SMARTS) is 1. The zero-order chi connectivity index (χ0) is 13.8. The van der Waals surface area contributed by atoms with Crippen LogP contribution in [0.2, 0.25) is 0 Å². The van der Waals surface area contributed by atoms with Crippen LogP contribution in [0.1, 0.15) is 36.4 Å². The van der Waals surface area contributed by atoms with Gasteiger partial charge >= 0.3 is 5.97 Å². The van der Waals surface area contributed by atoms with E-state index in [1.165, 1.54) is 12.5 Å². The van der Waals surface area contributed by atoms with Crippen molar-refractivity contribution in [1.82, 2.24) is 4.90 Å². The average molecular weight is 266 g/mol. The molecule has 1 aliphatic heterocycles. The van der Waals surface area contributed by atoms with Crippen molar-refractivity contribution in [3.8, 4) is 0 Å². The van der Waals surface area contributed by atoms with E-state index in [9.17, 15) is 9.18 Å². The molecule has 3 N–H and O–H groups in total. The molecule has 0 aromatic heterocycles. The molecule has 5 heteroatoms. The number of hydrogen-bond donors (Lipinski definition) is 2. The van der Waals surface area contributed by atoms with Gasteiger partial charge in [-0.1, -0.05) is 18.6 Å². The molecule has 1 heterocycles. The summed E-state index contributed by atoms with van der Waals surface area (Å²) in [4.78, 5) is 13.0. The number of aliphatic carboxylic acids is 1. The molecule has 0 amide bonds. The summed E-state index contributed by atoms with van der Waals surface area (Å²) in [6, 6.07) is 3.31. The van der Waals surface area contributed by atoms with E-state index < -0.39 is 12.0 Å². The first-order valence-corrected chi connectivity index (χ1v) is 6.57. The molecule has 1 aliphatic rings. The average Bonchev–Trinajstić information content (AvgIpc) is 2.41. The Labute approximate surface area is 112 Å². The lowest BCUT2D eigenvalue weighted by molar-refractivity contribution is -0.138. The lowest BCUT2D eigenvalue weighted by Crippen LogP contribution is -2.29. The smallest absolute Gasteiger partial charge is 0.325 e. The van der Waals surface area contributed by atoms with Crippen LogP contribution in [-0.2, 0) is 11.3 Å². The minimum absolute atomic E-state index is 0.299. The second-order valence-corrected chi connectivity index (χ2v) is 5.00. The van der Waals surface area contributed by atoms with Crippen molar-refractivity contribution in [2.24, 2.45) is 5.73 Å². The van der Waals surface area contributed by atoms with Crippen molar-refractivity contribution in [3.63, 3.8) is 0 Å². The van der Waals surface area contributed by atoms with Crippen molar-refractivity contribution in [3.05, 3.63) is 35.1 Å². The predicted molar refractivity (Wildman–Crippen MR) is 70.1 cm³/mol. The molecule has 19 heavy (non-hydrogen) atoms. The number of rotatable bonds is 4. The first-order valence-electron chi connectivity index (χ1n) is 6.57. The number of halogens is 1. The number of likely N-dealkylation sites (tertiary alicyclic amines) is 1. The van der Waals surface area contributed by atoms with E-state index in [2.05, 4.69) is 4.90 Å². The predicted octanol–water partition coefficient (Wildman–Crippen LogP) is 1.90. The van der Waals surface area contributed by atoms with E-state index in [1.54, 1.807) is 12.1 Å². The van der Waals surface area contributed by atoms with Crippen LogP contribution in [0.25, 0.3) is 0 Å². The molecule has 2 rings (SSSR count). The summed E-state index contributed by atoms with van der Waals surface area (Å²) in [5.41, 5.74) is 6.36. The second kappa shape index (κ2) is 6.12. The third kappa shape index (κ3) is 3.52. The normalized spacial score (nSPS) is 18.2. The Kier molecular flexibility index (Phi) is 4.50. The first-order chi connectivity index (χ1) is 9.08. The highest BCUT2D eigenvalue weighted by molar-refractivity contribution is 5.75. The highest BCUT2D eigenvalue weighted by Crippen LogP contribution is 2.19. The van der Waals surface area contributed by atoms with E-state index >= 15 is 0 Å². The Bertz CT molecular complexity index is 459. The number of piperidine rings is 1. The van der Waals surface area contributed by atoms with E-state index in [0.717, 1.165) is 25.9 Å². The van der Waals surface area contributed by atoms with Crippen LogP contribution < -0.4 is 5.73 Å². The standard InChI is InChI=1S/C14H19FN2O2/c15-12-8-10(13(16)14(18)19)4-5-11(12)9-17-6-2-1-3-7-17/h4-5,8,13H,1-3,6-7,9,16H2,(H,18,19). The van der Waals surface area contributed by atoms with Crippen molar-refractivity contribution >= 4 is 5.97 Å². The maximum atomic E-state index is 14.0. The Balaban J connectivity index is 2.08. The molecule has 4 nitrogen and oxygen atoms in total. The van der Waals surface area contributed by atoms with Gasteiger partial charge in [-0.2, -0.15) is 0 Å². The molecule has 0 spiro atoms. The molecule has 1 saturated heterocycles. The summed E-state index contributed by atoms with van der Waals surface area (Å²) in [5.74, 6) is -1.53. The molecular formula is C14H19FN2O2. The summed E-state index contributed by atoms with van der Waals surface area (Å²) in [6.45, 7) is 2.57. The first kappa shape index (κ1) is 14.0. The molecule has 0 aliphatic carbocycles. The summed E-state index contributed by atoms with van der Waals surface area (Å²) in [6.07, 6.45) is 3.55. The summed E-state index contributed by atoms with van der Waals surface area (Å²) in [5, 5.41) is 8.80. The topological polar surface area (TPSA) is 66.6 Å². The largest absolute Gasteiger partial charge is 0.480 e. The molecule has 1 fully saturated rings. The number of carbonyl (C=O) groups is 1. The van der Waals surface area contributed by atoms with Gasteiger partial charge < -0.3 is 10.8 Å². The van der Waals surface area contributed by atoms with Gasteiger partial charge in [0.05, 0.1) is 0 Å². The lowest BCUT2D eigenvalue weighted by Gasteiger charge is -2.26. The monoisotopic (exact) mass is 266 g/mol. The van der Waals surface area contributed by atoms with Crippen LogP contribution in [0.15, 0.2) is 18.2 Å². The molecule has 1 aromatic rings. The van der Waals surface area contributed by atoms with Crippen molar-refractivity contribution in [2.75, 3.05) is 13.1 Å². The molecule has 104 valence electrons. The van der Waals surface area contributed by atoms with Gasteiger partial charge in [0.25, 0.3) is 0 Å². The molecule has 1 aromatic carbocycles. The zero-order valence-corrected chi connectivity index (χ0v) is 10.8. The van der Waals surface area contributed by atoms with Crippen LogP contribution >= 0.6 is 0 Å². The van der Waals surface area contributed by atoms with Crippen molar-refractivity contribution in [2.45, 2.75) is 31.8 Å². The van der Waals surface area contributed by atoms with E-state index in [0.29, 0.717) is 17.7 Å². The number of benzene rings is 1. The van der Waals surface area contributed by atoms with Crippen LogP contribution in [0, 0.1) is 5.82 Å². The molecule has 1 atom stereocenters. The maximum absolute atomic E-state index is 14.0. The zero-order valence-electron chi connectivity index (χ0n) is 10.8. The Morgan fingerprint density at radius 2 is 2.05 bits per heavy atom. The van der Waals surface area contributed by atoms with Gasteiger partial charge in [0.2, 0.25) is 0 Å². The molecule has 1 unspecified atom stereocenters. The van der Waals surface area contributed by atoms with E-state index in [-0.39, 0.29) is 5.82 Å². The second-order valence-electron chi connectivity index (χ2n) is 5.00. The SMILES string of the molecule is NC(C(=O)O)c1ccc(CN2CCCCC2)c(F)c1. The number of nitrogens with zero attached hydrogens (tertiary/aromatic N) is 1. The fourth-order valence-corrected chi connectivity index (χ4v) is 2.39. The van der Waals surface area contributed by atoms with Gasteiger partial charge in [-0.15, -0.1) is 0 Å². The minimum Gasteiger partial charge on any atom is -0.480 e. The highest BCUT2D eigenvalue weighted by Gasteiger charge is 2.17. The highest BCUT2D eigenvalue weighted by atomic mass is 19.1. The van der Waals surface area contributed by atoms with E-state index in [4.69, 9.17) is 10.8 Å². The van der Waals surface area contributed by atoms with Gasteiger partial charge in [0.1, 0.15) is 11.9 Å². The van der Waals surface area contributed by atoms with Crippen molar-refractivity contribution in [1.29, 1.82) is 0 Å². The van der Waals surface area contributed by atoms with Gasteiger partial charge in [-0.3, -0.25) is 9.69 Å². The number of nitrogens with two attached hydrogens (primary N) is 1. The van der Waals surface area contributed by atoms with Crippen molar-refractivity contribution < 1.29 is 14.3 Å². The fraction of sp³-hybridized carbons (Fsp3) is 0.500. The van der Waals surface area contributed by atoms with Crippen LogP contribution in [-0.4, -0.2) is 29.1 Å². The van der Waals surface area contributed by atoms with Gasteiger partial charge in [0, 0.05) is 12.1 Å². The Morgan fingerprint density at radius 1 is 1.37 bits per heavy atom. The third-order valence-electron chi connectivity index (χ3n) is 3.54. The third-order valence-corrected chi connectivity index (χ3v) is 3.54. The lowest BCUT2D eigenvalue weighted by atomic mass is 10.0. The maximum Gasteiger partial charge on any atom is 0.325 e. The van der Waals surface area contributed by atoms with Gasteiger partial charge in [0.15, 0.2) is 0 Å². The van der Waals surface area contributed by atoms with Crippen LogP contribution in [0.4, 0.5) is 4.39 Å². The van der Waals surface area contributed by atoms with Gasteiger partial charge in [-0.05, 0) is 37.6 Å². The summed E-state index contributed by atoms with van der Waals surface area (Å²) in [7, 11) is 0. The fourth-order valence-electron chi connectivity index (χ4n) is 2.39. The summed E-state index contributed by atoms with van der Waals surface area (Å²) >= 11 is 0. The van der Waals surface area contributed by atoms with Crippen LogP contribution in [0.3, 0.4) is 0 Å². The van der Waals surface area contributed by atoms with Gasteiger partial charge in [-0.25, -0.2) is 4.39 Å². The quantitative estimate of drug-likeness (QED) is 0.873. The van der Waals surface area contributed by atoms with E-state index in [1.807, 2.05) is 0 Å². The molecule has 0 bridgehead atoms. The Morgan fingerprint density at radius 3 is 2.63 bits per heavy atom. The summed E-state index contributed by atoms with van der Waals surface area (Å²) < 4.78 is 14.0. The minimum atomic E-state index is -1.17. The number of carboxylic acids is 1. The molecule has 0 radical (unpaired) electrons. The molecule has 0 saturated carbocycles. The molecular weight excluding hydrogens is 247 g/mol. The van der Waals surface area contributed by atoms with Crippen LogP contribution in [0.5, 0.6) is 0 Å². The number of hydrogen-bond acceptors (Lipinski definition) is 3.